The van der Waals surface area contributed by atoms with E-state index >= 15 is 0 Å². The van der Waals surface area contributed by atoms with E-state index in [0.29, 0.717) is 24.9 Å². The number of fused-ring (bicyclic) bond motifs is 1. The monoisotopic (exact) mass is 404 g/mol. The van der Waals surface area contributed by atoms with Crippen molar-refractivity contribution < 1.29 is 22.4 Å². The summed E-state index contributed by atoms with van der Waals surface area (Å²) in [5.74, 6) is -1.12. The topological polar surface area (TPSA) is 59.8 Å². The van der Waals surface area contributed by atoms with E-state index < -0.39 is 29.5 Å². The molecule has 0 aliphatic heterocycles. The Bertz CT molecular complexity index is 1060. The maximum Gasteiger partial charge on any atom is 0.416 e. The molecule has 0 spiro atoms. The maximum absolute atomic E-state index is 14.2. The Morgan fingerprint density at radius 2 is 2.00 bits per heavy atom. The van der Waals surface area contributed by atoms with Gasteiger partial charge in [0, 0.05) is 17.5 Å². The van der Waals surface area contributed by atoms with Gasteiger partial charge in [0.25, 0.3) is 5.91 Å². The molecule has 29 heavy (non-hydrogen) atoms. The van der Waals surface area contributed by atoms with Crippen LogP contribution in [0.2, 0.25) is 0 Å². The maximum atomic E-state index is 14.2. The molecule has 5 nitrogen and oxygen atoms in total. The molecule has 2 heterocycles. The molecular formula is C20H16F4N4O. The molecule has 0 fully saturated rings. The zero-order valence-electron chi connectivity index (χ0n) is 15.1. The second-order valence-electron chi connectivity index (χ2n) is 6.76. The lowest BCUT2D eigenvalue weighted by molar-refractivity contribution is -0.137. The molecule has 4 rings (SSSR count). The van der Waals surface area contributed by atoms with Crippen LogP contribution in [-0.2, 0) is 12.6 Å². The molecule has 0 radical (unpaired) electrons. The van der Waals surface area contributed by atoms with Crippen molar-refractivity contribution in [2.45, 2.75) is 31.5 Å². The first kappa shape index (κ1) is 19.1. The normalized spacial score (nSPS) is 16.3. The fraction of sp³-hybridized carbons (Fsp3) is 0.250. The summed E-state index contributed by atoms with van der Waals surface area (Å²) in [7, 11) is 0. The number of hydrogen-bond donors (Lipinski definition) is 1. The minimum Gasteiger partial charge on any atom is -0.344 e. The Morgan fingerprint density at radius 1 is 1.21 bits per heavy atom. The SMILES string of the molecule is O=C(NC1CCCc2c1cnn2-c1ccccc1F)c1cc(C(F)(F)F)ccn1. The summed E-state index contributed by atoms with van der Waals surface area (Å²) in [6.07, 6.45) is -0.0742. The summed E-state index contributed by atoms with van der Waals surface area (Å²) in [6.45, 7) is 0. The average molecular weight is 404 g/mol. The average Bonchev–Trinajstić information content (AvgIpc) is 3.13. The van der Waals surface area contributed by atoms with Gasteiger partial charge in [0.1, 0.15) is 17.2 Å². The number of amides is 1. The second-order valence-corrected chi connectivity index (χ2v) is 6.76. The van der Waals surface area contributed by atoms with E-state index in [2.05, 4.69) is 15.4 Å². The standard InChI is InChI=1S/C20H16F4N4O/c21-14-4-1-2-6-18(14)28-17-7-3-5-15(13(17)11-26-28)27-19(29)16-10-12(8-9-25-16)20(22,23)24/h1-2,4,6,8-11,15H,3,5,7H2,(H,27,29). The predicted octanol–water partition coefficient (Wildman–Crippen LogP) is 4.23. The highest BCUT2D eigenvalue weighted by Gasteiger charge is 2.32. The number of benzene rings is 1. The summed E-state index contributed by atoms with van der Waals surface area (Å²) in [6, 6.07) is 7.33. The van der Waals surface area contributed by atoms with Gasteiger partial charge in [-0.25, -0.2) is 9.07 Å². The molecule has 1 atom stereocenters. The van der Waals surface area contributed by atoms with Crippen LogP contribution in [0.25, 0.3) is 5.69 Å². The lowest BCUT2D eigenvalue weighted by atomic mass is 9.92. The Kier molecular flexibility index (Phi) is 4.81. The largest absolute Gasteiger partial charge is 0.416 e. The second kappa shape index (κ2) is 7.31. The molecule has 1 unspecified atom stereocenters. The van der Waals surface area contributed by atoms with Crippen LogP contribution in [0.4, 0.5) is 17.6 Å². The van der Waals surface area contributed by atoms with Crippen molar-refractivity contribution in [2.75, 3.05) is 0 Å². The summed E-state index contributed by atoms with van der Waals surface area (Å²) in [5.41, 5.74) is 0.548. The summed E-state index contributed by atoms with van der Waals surface area (Å²) in [4.78, 5) is 16.3. The van der Waals surface area contributed by atoms with Crippen molar-refractivity contribution in [3.63, 3.8) is 0 Å². The highest BCUT2D eigenvalue weighted by Crippen LogP contribution is 2.32. The van der Waals surface area contributed by atoms with E-state index in [-0.39, 0.29) is 5.69 Å². The Hall–Kier alpha value is -3.23. The number of nitrogens with zero attached hydrogens (tertiary/aromatic N) is 3. The van der Waals surface area contributed by atoms with Gasteiger partial charge in [0.05, 0.1) is 17.8 Å². The van der Waals surface area contributed by atoms with Gasteiger partial charge in [-0.2, -0.15) is 18.3 Å². The van der Waals surface area contributed by atoms with E-state index in [0.717, 1.165) is 29.6 Å². The van der Waals surface area contributed by atoms with Crippen LogP contribution in [0.3, 0.4) is 0 Å². The van der Waals surface area contributed by atoms with Gasteiger partial charge >= 0.3 is 6.18 Å². The molecule has 1 N–H and O–H groups in total. The highest BCUT2D eigenvalue weighted by molar-refractivity contribution is 5.92. The zero-order valence-corrected chi connectivity index (χ0v) is 15.1. The van der Waals surface area contributed by atoms with Crippen molar-refractivity contribution in [2.24, 2.45) is 0 Å². The number of alkyl halides is 3. The van der Waals surface area contributed by atoms with Gasteiger partial charge in [0.2, 0.25) is 0 Å². The first-order valence-electron chi connectivity index (χ1n) is 9.00. The predicted molar refractivity (Wildman–Crippen MR) is 95.9 cm³/mol. The van der Waals surface area contributed by atoms with Crippen LogP contribution < -0.4 is 5.32 Å². The van der Waals surface area contributed by atoms with Gasteiger partial charge in [-0.3, -0.25) is 9.78 Å². The number of pyridine rings is 1. The smallest absolute Gasteiger partial charge is 0.344 e. The lowest BCUT2D eigenvalue weighted by Gasteiger charge is -2.24. The Balaban J connectivity index is 1.60. The van der Waals surface area contributed by atoms with Gasteiger partial charge in [-0.1, -0.05) is 12.1 Å². The summed E-state index contributed by atoms with van der Waals surface area (Å²) < 4.78 is 54.3. The van der Waals surface area contributed by atoms with E-state index in [4.69, 9.17) is 0 Å². The molecule has 3 aromatic rings. The third-order valence-electron chi connectivity index (χ3n) is 4.89. The Labute approximate surface area is 163 Å². The fourth-order valence-corrected chi connectivity index (χ4v) is 3.50. The summed E-state index contributed by atoms with van der Waals surface area (Å²) >= 11 is 0. The van der Waals surface area contributed by atoms with Crippen LogP contribution in [-0.4, -0.2) is 20.7 Å². The van der Waals surface area contributed by atoms with E-state index in [1.807, 2.05) is 0 Å². The van der Waals surface area contributed by atoms with E-state index in [9.17, 15) is 22.4 Å². The van der Waals surface area contributed by atoms with Gasteiger partial charge in [0.15, 0.2) is 0 Å². The van der Waals surface area contributed by atoms with Crippen LogP contribution in [0.15, 0.2) is 48.8 Å². The van der Waals surface area contributed by atoms with E-state index in [1.54, 1.807) is 24.4 Å². The molecule has 1 aromatic carbocycles. The van der Waals surface area contributed by atoms with Crippen molar-refractivity contribution >= 4 is 5.91 Å². The fourth-order valence-electron chi connectivity index (χ4n) is 3.50. The molecule has 2 aromatic heterocycles. The zero-order chi connectivity index (χ0) is 20.6. The molecule has 1 amide bonds. The number of para-hydroxylation sites is 1. The minimum absolute atomic E-state index is 0.306. The van der Waals surface area contributed by atoms with Gasteiger partial charge in [-0.15, -0.1) is 0 Å². The lowest BCUT2D eigenvalue weighted by Crippen LogP contribution is -2.31. The molecule has 1 aliphatic rings. The number of rotatable bonds is 3. The molecule has 9 heteroatoms. The van der Waals surface area contributed by atoms with Crippen LogP contribution in [0, 0.1) is 5.82 Å². The molecule has 0 saturated heterocycles. The van der Waals surface area contributed by atoms with Crippen molar-refractivity contribution in [1.29, 1.82) is 0 Å². The molecule has 0 saturated carbocycles. The number of halogens is 4. The van der Waals surface area contributed by atoms with Crippen molar-refractivity contribution in [1.82, 2.24) is 20.1 Å². The first-order valence-corrected chi connectivity index (χ1v) is 9.00. The molecule has 150 valence electrons. The number of hydrogen-bond acceptors (Lipinski definition) is 3. The highest BCUT2D eigenvalue weighted by atomic mass is 19.4. The van der Waals surface area contributed by atoms with Crippen LogP contribution >= 0.6 is 0 Å². The molecular weight excluding hydrogens is 388 g/mol. The van der Waals surface area contributed by atoms with Crippen molar-refractivity contribution in [3.05, 3.63) is 77.1 Å². The molecule has 1 aliphatic carbocycles. The number of nitrogens with one attached hydrogen (secondary N) is 1. The first-order chi connectivity index (χ1) is 13.8. The third-order valence-corrected chi connectivity index (χ3v) is 4.89. The number of aromatic nitrogens is 3. The van der Waals surface area contributed by atoms with Gasteiger partial charge < -0.3 is 5.32 Å². The van der Waals surface area contributed by atoms with Gasteiger partial charge in [-0.05, 0) is 43.5 Å². The van der Waals surface area contributed by atoms with E-state index in [1.165, 1.54) is 10.7 Å². The minimum atomic E-state index is -4.56. The number of carbonyl (C=O) groups excluding carboxylic acids is 1. The van der Waals surface area contributed by atoms with Crippen LogP contribution in [0.5, 0.6) is 0 Å². The quantitative estimate of drug-likeness (QED) is 0.665. The summed E-state index contributed by atoms with van der Waals surface area (Å²) in [5, 5.41) is 7.00. The van der Waals surface area contributed by atoms with Crippen LogP contribution in [0.1, 0.15) is 46.2 Å². The van der Waals surface area contributed by atoms with Crippen molar-refractivity contribution in [3.8, 4) is 5.69 Å². The molecule has 0 bridgehead atoms. The Morgan fingerprint density at radius 3 is 2.76 bits per heavy atom. The third kappa shape index (κ3) is 3.72. The number of carbonyl (C=O) groups is 1.